The molecule has 0 aromatic heterocycles. The van der Waals surface area contributed by atoms with Crippen LogP contribution in [0.2, 0.25) is 0 Å². The molecule has 0 saturated carbocycles. The van der Waals surface area contributed by atoms with Gasteiger partial charge in [-0.2, -0.15) is 0 Å². The topological polar surface area (TPSA) is 0 Å². The first-order valence-electron chi connectivity index (χ1n) is 6.00. The smallest absolute Gasteiger partial charge is 0.127 e. The van der Waals surface area contributed by atoms with Gasteiger partial charge in [-0.05, 0) is 35.1 Å². The van der Waals surface area contributed by atoms with E-state index in [1.54, 1.807) is 6.07 Å². The van der Waals surface area contributed by atoms with E-state index in [4.69, 9.17) is 0 Å². The van der Waals surface area contributed by atoms with Crippen molar-refractivity contribution in [1.29, 1.82) is 0 Å². The van der Waals surface area contributed by atoms with E-state index in [0.29, 0.717) is 5.92 Å². The van der Waals surface area contributed by atoms with Gasteiger partial charge in [0.1, 0.15) is 5.82 Å². The minimum atomic E-state index is -0.0972. The monoisotopic (exact) mass is 228 g/mol. The van der Waals surface area contributed by atoms with Crippen molar-refractivity contribution in [2.75, 3.05) is 0 Å². The van der Waals surface area contributed by atoms with Crippen LogP contribution in [0.4, 0.5) is 4.39 Å². The van der Waals surface area contributed by atoms with Crippen LogP contribution in [0.25, 0.3) is 11.1 Å². The molecular formula is C16H17F. The molecule has 0 atom stereocenters. The zero-order valence-corrected chi connectivity index (χ0v) is 10.3. The number of halogens is 1. The largest absolute Gasteiger partial charge is 0.207 e. The third-order valence-electron chi connectivity index (χ3n) is 2.79. The summed E-state index contributed by atoms with van der Waals surface area (Å²) in [7, 11) is 0. The molecular weight excluding hydrogens is 211 g/mol. The summed E-state index contributed by atoms with van der Waals surface area (Å²) in [6.07, 6.45) is 0.793. The summed E-state index contributed by atoms with van der Waals surface area (Å²) in [5.41, 5.74) is 2.80. The van der Waals surface area contributed by atoms with Crippen LogP contribution in [-0.2, 0) is 6.42 Å². The van der Waals surface area contributed by atoms with Gasteiger partial charge in [-0.15, -0.1) is 0 Å². The highest BCUT2D eigenvalue weighted by Crippen LogP contribution is 2.22. The second kappa shape index (κ2) is 5.13. The lowest BCUT2D eigenvalue weighted by Crippen LogP contribution is -1.97. The van der Waals surface area contributed by atoms with Crippen LogP contribution in [0.3, 0.4) is 0 Å². The van der Waals surface area contributed by atoms with Crippen molar-refractivity contribution < 1.29 is 4.39 Å². The van der Waals surface area contributed by atoms with Crippen LogP contribution in [0, 0.1) is 11.7 Å². The molecule has 2 aromatic rings. The fourth-order valence-corrected chi connectivity index (χ4v) is 1.96. The first-order valence-corrected chi connectivity index (χ1v) is 6.00. The second-order valence-corrected chi connectivity index (χ2v) is 4.77. The molecule has 0 nitrogen and oxygen atoms in total. The molecule has 0 fully saturated rings. The summed E-state index contributed by atoms with van der Waals surface area (Å²) in [6, 6.07) is 15.4. The lowest BCUT2D eigenvalue weighted by atomic mass is 9.98. The summed E-state index contributed by atoms with van der Waals surface area (Å²) in [5, 5.41) is 0. The van der Waals surface area contributed by atoms with Gasteiger partial charge in [0.15, 0.2) is 0 Å². The van der Waals surface area contributed by atoms with E-state index in [9.17, 15) is 4.39 Å². The molecule has 0 unspecified atom stereocenters. The maximum absolute atomic E-state index is 13.9. The van der Waals surface area contributed by atoms with Crippen molar-refractivity contribution in [3.05, 3.63) is 59.9 Å². The van der Waals surface area contributed by atoms with Crippen LogP contribution in [0.1, 0.15) is 19.4 Å². The minimum absolute atomic E-state index is 0.0972. The fourth-order valence-electron chi connectivity index (χ4n) is 1.96. The van der Waals surface area contributed by atoms with E-state index < -0.39 is 0 Å². The minimum Gasteiger partial charge on any atom is -0.207 e. The predicted octanol–water partition coefficient (Wildman–Crippen LogP) is 4.69. The van der Waals surface area contributed by atoms with Crippen LogP contribution < -0.4 is 0 Å². The molecule has 1 heteroatoms. The highest BCUT2D eigenvalue weighted by atomic mass is 19.1. The lowest BCUT2D eigenvalue weighted by molar-refractivity contribution is 0.574. The maximum atomic E-state index is 13.9. The van der Waals surface area contributed by atoms with Crippen LogP contribution >= 0.6 is 0 Å². The Morgan fingerprint density at radius 2 is 1.65 bits per heavy atom. The Morgan fingerprint density at radius 3 is 2.24 bits per heavy atom. The van der Waals surface area contributed by atoms with Crippen molar-refractivity contribution in [2.24, 2.45) is 5.92 Å². The van der Waals surface area contributed by atoms with E-state index in [2.05, 4.69) is 13.8 Å². The molecule has 0 aliphatic rings. The normalized spacial score (nSPS) is 10.8. The van der Waals surface area contributed by atoms with E-state index in [1.807, 2.05) is 42.5 Å². The average molecular weight is 228 g/mol. The molecule has 0 saturated heterocycles. The van der Waals surface area contributed by atoms with Gasteiger partial charge in [0, 0.05) is 0 Å². The number of hydrogen-bond acceptors (Lipinski definition) is 0. The Balaban J connectivity index is 2.31. The number of benzene rings is 2. The van der Waals surface area contributed by atoms with Crippen molar-refractivity contribution in [3.63, 3.8) is 0 Å². The number of hydrogen-bond donors (Lipinski definition) is 0. The maximum Gasteiger partial charge on any atom is 0.127 e. The van der Waals surface area contributed by atoms with Crippen LogP contribution in [-0.4, -0.2) is 0 Å². The first kappa shape index (κ1) is 11.8. The highest BCUT2D eigenvalue weighted by Gasteiger charge is 2.06. The van der Waals surface area contributed by atoms with Crippen LogP contribution in [0.5, 0.6) is 0 Å². The quantitative estimate of drug-likeness (QED) is 0.714. The van der Waals surface area contributed by atoms with Gasteiger partial charge < -0.3 is 0 Å². The molecule has 0 aliphatic carbocycles. The van der Waals surface area contributed by atoms with E-state index in [1.165, 1.54) is 0 Å². The highest BCUT2D eigenvalue weighted by molar-refractivity contribution is 5.63. The van der Waals surface area contributed by atoms with Crippen molar-refractivity contribution in [3.8, 4) is 11.1 Å². The van der Waals surface area contributed by atoms with Crippen molar-refractivity contribution in [1.82, 2.24) is 0 Å². The molecule has 0 heterocycles. The molecule has 2 aromatic carbocycles. The zero-order valence-electron chi connectivity index (χ0n) is 10.3. The average Bonchev–Trinajstić information content (AvgIpc) is 2.32. The van der Waals surface area contributed by atoms with Gasteiger partial charge in [-0.25, -0.2) is 4.39 Å². The third kappa shape index (κ3) is 2.94. The van der Waals surface area contributed by atoms with E-state index in [-0.39, 0.29) is 5.82 Å². The SMILES string of the molecule is CC(C)Cc1ccc(-c2ccccc2)cc1F. The van der Waals surface area contributed by atoms with Gasteiger partial charge in [-0.1, -0.05) is 56.3 Å². The van der Waals surface area contributed by atoms with Crippen molar-refractivity contribution in [2.45, 2.75) is 20.3 Å². The number of rotatable bonds is 3. The second-order valence-electron chi connectivity index (χ2n) is 4.77. The van der Waals surface area contributed by atoms with Gasteiger partial charge in [-0.3, -0.25) is 0 Å². The Hall–Kier alpha value is -1.63. The predicted molar refractivity (Wildman–Crippen MR) is 70.4 cm³/mol. The van der Waals surface area contributed by atoms with Gasteiger partial charge >= 0.3 is 0 Å². The summed E-state index contributed by atoms with van der Waals surface area (Å²) in [6.45, 7) is 4.20. The summed E-state index contributed by atoms with van der Waals surface area (Å²) >= 11 is 0. The molecule has 0 amide bonds. The van der Waals surface area contributed by atoms with Crippen LogP contribution in [0.15, 0.2) is 48.5 Å². The Morgan fingerprint density at radius 1 is 0.941 bits per heavy atom. The Kier molecular flexibility index (Phi) is 3.58. The molecule has 2 rings (SSSR count). The van der Waals surface area contributed by atoms with Gasteiger partial charge in [0.05, 0.1) is 0 Å². The van der Waals surface area contributed by atoms with E-state index in [0.717, 1.165) is 23.1 Å². The molecule has 0 spiro atoms. The molecule has 0 aliphatic heterocycles. The first-order chi connectivity index (χ1) is 8.16. The fraction of sp³-hybridized carbons (Fsp3) is 0.250. The van der Waals surface area contributed by atoms with Gasteiger partial charge in [0.25, 0.3) is 0 Å². The summed E-state index contributed by atoms with van der Waals surface area (Å²) in [4.78, 5) is 0. The molecule has 88 valence electrons. The Labute approximate surface area is 102 Å². The standard InChI is InChI=1S/C16H17F/c1-12(2)10-15-9-8-14(11-16(15)17)13-6-4-3-5-7-13/h3-9,11-12H,10H2,1-2H3. The lowest BCUT2D eigenvalue weighted by Gasteiger charge is -2.08. The summed E-state index contributed by atoms with van der Waals surface area (Å²) in [5.74, 6) is 0.382. The molecule has 0 N–H and O–H groups in total. The van der Waals surface area contributed by atoms with E-state index >= 15 is 0 Å². The van der Waals surface area contributed by atoms with Gasteiger partial charge in [0.2, 0.25) is 0 Å². The Bertz CT molecular complexity index is 486. The molecule has 0 bridgehead atoms. The third-order valence-corrected chi connectivity index (χ3v) is 2.79. The molecule has 0 radical (unpaired) electrons. The molecule has 17 heavy (non-hydrogen) atoms. The summed E-state index contributed by atoms with van der Waals surface area (Å²) < 4.78 is 13.9. The zero-order chi connectivity index (χ0) is 12.3. The van der Waals surface area contributed by atoms with Crippen molar-refractivity contribution >= 4 is 0 Å².